The number of carbonyl (C=O) groups excluding carboxylic acids is 1. The maximum Gasteiger partial charge on any atom is 0.326 e. The van der Waals surface area contributed by atoms with Gasteiger partial charge in [0.05, 0.1) is 11.4 Å². The number of amides is 1. The maximum atomic E-state index is 12.6. The summed E-state index contributed by atoms with van der Waals surface area (Å²) in [5, 5.41) is 12.0. The van der Waals surface area contributed by atoms with Crippen LogP contribution in [0.4, 0.5) is 5.69 Å². The van der Waals surface area contributed by atoms with Crippen molar-refractivity contribution >= 4 is 27.6 Å². The van der Waals surface area contributed by atoms with Crippen molar-refractivity contribution in [3.05, 3.63) is 29.3 Å². The molecule has 7 nitrogen and oxygen atoms in total. The summed E-state index contributed by atoms with van der Waals surface area (Å²) in [4.78, 5) is 24.0. The van der Waals surface area contributed by atoms with Gasteiger partial charge in [-0.15, -0.1) is 0 Å². The molecule has 1 aromatic rings. The van der Waals surface area contributed by atoms with Crippen LogP contribution < -0.4 is 9.62 Å². The molecule has 1 aliphatic rings. The smallest absolute Gasteiger partial charge is 0.326 e. The Labute approximate surface area is 160 Å². The number of rotatable bonds is 6. The van der Waals surface area contributed by atoms with E-state index in [0.29, 0.717) is 42.6 Å². The molecular formula is C19H28N2O5S. The molecule has 1 saturated heterocycles. The number of aliphatic carboxylic acids is 1. The lowest BCUT2D eigenvalue weighted by molar-refractivity contribution is -0.139. The van der Waals surface area contributed by atoms with Gasteiger partial charge in [-0.05, 0) is 55.4 Å². The molecule has 1 unspecified atom stereocenters. The number of hydrogen-bond acceptors (Lipinski definition) is 4. The number of nitrogens with zero attached hydrogens (tertiary/aromatic N) is 1. The zero-order chi connectivity index (χ0) is 20.4. The fraction of sp³-hybridized carbons (Fsp3) is 0.579. The van der Waals surface area contributed by atoms with Gasteiger partial charge < -0.3 is 10.4 Å². The van der Waals surface area contributed by atoms with Crippen molar-refractivity contribution in [2.75, 3.05) is 16.6 Å². The molecule has 2 rings (SSSR count). The maximum absolute atomic E-state index is 12.6. The first-order valence-corrected chi connectivity index (χ1v) is 10.7. The number of sulfonamides is 1. The first-order valence-electron chi connectivity index (χ1n) is 9.05. The molecule has 0 aliphatic carbocycles. The van der Waals surface area contributed by atoms with Gasteiger partial charge >= 0.3 is 5.97 Å². The van der Waals surface area contributed by atoms with Crippen molar-refractivity contribution in [3.8, 4) is 0 Å². The van der Waals surface area contributed by atoms with Gasteiger partial charge in [0.1, 0.15) is 6.04 Å². The molecule has 1 aromatic carbocycles. The highest BCUT2D eigenvalue weighted by Crippen LogP contribution is 2.26. The summed E-state index contributed by atoms with van der Waals surface area (Å²) in [5.41, 5.74) is 1.45. The van der Waals surface area contributed by atoms with Crippen LogP contribution in [0.3, 0.4) is 0 Å². The van der Waals surface area contributed by atoms with E-state index >= 15 is 0 Å². The summed E-state index contributed by atoms with van der Waals surface area (Å²) in [5.74, 6) is -1.41. The Kier molecular flexibility index (Phi) is 6.19. The SMILES string of the molecule is Cc1cc(N2CCCS2(=O)=O)ccc1C(=O)NC(CCC(C)(C)C)C(=O)O. The lowest BCUT2D eigenvalue weighted by Gasteiger charge is -2.22. The van der Waals surface area contributed by atoms with Crippen LogP contribution in [-0.2, 0) is 14.8 Å². The number of carbonyl (C=O) groups is 2. The van der Waals surface area contributed by atoms with Crippen LogP contribution in [-0.4, -0.2) is 43.7 Å². The quantitative estimate of drug-likeness (QED) is 0.769. The second kappa shape index (κ2) is 7.88. The number of anilines is 1. The molecule has 0 radical (unpaired) electrons. The van der Waals surface area contributed by atoms with Gasteiger partial charge in [-0.25, -0.2) is 13.2 Å². The van der Waals surface area contributed by atoms with Crippen LogP contribution in [0.2, 0.25) is 0 Å². The van der Waals surface area contributed by atoms with Crippen molar-refractivity contribution in [1.82, 2.24) is 5.32 Å². The number of aryl methyl sites for hydroxylation is 1. The van der Waals surface area contributed by atoms with Gasteiger partial charge in [0, 0.05) is 12.1 Å². The first-order chi connectivity index (χ1) is 12.4. The van der Waals surface area contributed by atoms with E-state index in [0.717, 1.165) is 0 Å². The average molecular weight is 397 g/mol. The van der Waals surface area contributed by atoms with Crippen LogP contribution in [0, 0.1) is 12.3 Å². The second-order valence-electron chi connectivity index (χ2n) is 8.20. The second-order valence-corrected chi connectivity index (χ2v) is 10.2. The molecule has 1 atom stereocenters. The Bertz CT molecular complexity index is 827. The summed E-state index contributed by atoms with van der Waals surface area (Å²) >= 11 is 0. The van der Waals surface area contributed by atoms with Crippen LogP contribution >= 0.6 is 0 Å². The normalized spacial score (nSPS) is 17.6. The summed E-state index contributed by atoms with van der Waals surface area (Å²) in [6.07, 6.45) is 1.58. The lowest BCUT2D eigenvalue weighted by atomic mass is 9.88. The van der Waals surface area contributed by atoms with Crippen molar-refractivity contribution in [2.24, 2.45) is 5.41 Å². The van der Waals surface area contributed by atoms with E-state index in [2.05, 4.69) is 5.32 Å². The molecule has 2 N–H and O–H groups in total. The first kappa shape index (κ1) is 21.2. The zero-order valence-electron chi connectivity index (χ0n) is 16.3. The topological polar surface area (TPSA) is 104 Å². The molecule has 0 aromatic heterocycles. The fourth-order valence-corrected chi connectivity index (χ4v) is 4.61. The van der Waals surface area contributed by atoms with Crippen molar-refractivity contribution in [3.63, 3.8) is 0 Å². The van der Waals surface area contributed by atoms with Gasteiger partial charge in [-0.1, -0.05) is 20.8 Å². The molecule has 27 heavy (non-hydrogen) atoms. The highest BCUT2D eigenvalue weighted by atomic mass is 32.2. The number of nitrogens with one attached hydrogen (secondary N) is 1. The molecule has 0 saturated carbocycles. The van der Waals surface area contributed by atoms with Crippen LogP contribution in [0.25, 0.3) is 0 Å². The van der Waals surface area contributed by atoms with Gasteiger partial charge in [-0.3, -0.25) is 9.10 Å². The van der Waals surface area contributed by atoms with E-state index in [9.17, 15) is 23.1 Å². The van der Waals surface area contributed by atoms with E-state index in [1.807, 2.05) is 20.8 Å². The molecule has 8 heteroatoms. The van der Waals surface area contributed by atoms with Crippen molar-refractivity contribution in [1.29, 1.82) is 0 Å². The highest BCUT2D eigenvalue weighted by molar-refractivity contribution is 7.93. The third-order valence-corrected chi connectivity index (χ3v) is 6.50. The van der Waals surface area contributed by atoms with Gasteiger partial charge in [0.2, 0.25) is 10.0 Å². The molecule has 150 valence electrons. The Morgan fingerprint density at radius 3 is 2.44 bits per heavy atom. The third-order valence-electron chi connectivity index (χ3n) is 4.63. The monoisotopic (exact) mass is 396 g/mol. The Hall–Kier alpha value is -2.09. The molecule has 1 amide bonds. The lowest BCUT2D eigenvalue weighted by Crippen LogP contribution is -2.41. The summed E-state index contributed by atoms with van der Waals surface area (Å²) in [6, 6.07) is 3.84. The summed E-state index contributed by atoms with van der Waals surface area (Å²) < 4.78 is 25.4. The van der Waals surface area contributed by atoms with Gasteiger partial charge in [-0.2, -0.15) is 0 Å². The Balaban J connectivity index is 2.15. The third kappa shape index (κ3) is 5.45. The zero-order valence-corrected chi connectivity index (χ0v) is 17.1. The summed E-state index contributed by atoms with van der Waals surface area (Å²) in [7, 11) is -3.29. The van der Waals surface area contributed by atoms with Crippen molar-refractivity contribution < 1.29 is 23.1 Å². The van der Waals surface area contributed by atoms with E-state index in [-0.39, 0.29) is 11.2 Å². The average Bonchev–Trinajstić information content (AvgIpc) is 2.89. The predicted octanol–water partition coefficient (Wildman–Crippen LogP) is 2.54. The standard InChI is InChI=1S/C19H28N2O5S/c1-13-12-14(21-10-5-11-27(21,25)26)6-7-15(13)17(22)20-16(18(23)24)8-9-19(2,3)4/h6-7,12,16H,5,8-11H2,1-4H3,(H,20,22)(H,23,24). The molecule has 1 heterocycles. The number of benzene rings is 1. The van der Waals surface area contributed by atoms with Crippen LogP contribution in [0.5, 0.6) is 0 Å². The van der Waals surface area contributed by atoms with Crippen LogP contribution in [0.1, 0.15) is 56.0 Å². The van der Waals surface area contributed by atoms with E-state index < -0.39 is 27.9 Å². The van der Waals surface area contributed by atoms with Gasteiger partial charge in [0.25, 0.3) is 5.91 Å². The predicted molar refractivity (Wildman–Crippen MR) is 105 cm³/mol. The molecule has 1 fully saturated rings. The minimum absolute atomic E-state index is 0.0305. The van der Waals surface area contributed by atoms with Crippen LogP contribution in [0.15, 0.2) is 18.2 Å². The largest absolute Gasteiger partial charge is 0.480 e. The Morgan fingerprint density at radius 1 is 1.30 bits per heavy atom. The van der Waals surface area contributed by atoms with Gasteiger partial charge in [0.15, 0.2) is 0 Å². The molecular weight excluding hydrogens is 368 g/mol. The van der Waals surface area contributed by atoms with E-state index in [4.69, 9.17) is 0 Å². The molecule has 0 spiro atoms. The van der Waals surface area contributed by atoms with Crippen molar-refractivity contribution in [2.45, 2.75) is 53.0 Å². The number of carboxylic acid groups (broad SMARTS) is 1. The fourth-order valence-electron chi connectivity index (χ4n) is 3.06. The molecule has 1 aliphatic heterocycles. The highest BCUT2D eigenvalue weighted by Gasteiger charge is 2.29. The number of hydrogen-bond donors (Lipinski definition) is 2. The number of carboxylic acids is 1. The minimum Gasteiger partial charge on any atom is -0.480 e. The Morgan fingerprint density at radius 2 is 1.96 bits per heavy atom. The minimum atomic E-state index is -3.29. The summed E-state index contributed by atoms with van der Waals surface area (Å²) in [6.45, 7) is 8.20. The van der Waals surface area contributed by atoms with E-state index in [1.54, 1.807) is 25.1 Å². The van der Waals surface area contributed by atoms with E-state index in [1.165, 1.54) is 4.31 Å². The molecule has 0 bridgehead atoms.